The number of hydrogen-bond acceptors (Lipinski definition) is 5. The number of piperazine rings is 1. The van der Waals surface area contributed by atoms with Gasteiger partial charge in [-0.3, -0.25) is 9.69 Å². The van der Waals surface area contributed by atoms with Crippen molar-refractivity contribution in [3.05, 3.63) is 107 Å². The summed E-state index contributed by atoms with van der Waals surface area (Å²) in [5, 5.41) is 4.79. The van der Waals surface area contributed by atoms with Crippen LogP contribution >= 0.6 is 0 Å². The Morgan fingerprint density at radius 1 is 0.868 bits per heavy atom. The Morgan fingerprint density at radius 3 is 2.32 bits per heavy atom. The molecular formula is C31H34N4O3. The summed E-state index contributed by atoms with van der Waals surface area (Å²) < 4.78 is 13.3. The zero-order chi connectivity index (χ0) is 26.5. The number of ether oxygens (including phenoxy) is 2. The molecule has 2 heterocycles. The summed E-state index contributed by atoms with van der Waals surface area (Å²) in [7, 11) is 1.63. The number of nitrogens with zero attached hydrogens (tertiary/aromatic N) is 4. The van der Waals surface area contributed by atoms with Gasteiger partial charge in [0.2, 0.25) is 0 Å². The second-order valence-electron chi connectivity index (χ2n) is 9.60. The van der Waals surface area contributed by atoms with E-state index in [4.69, 9.17) is 14.6 Å². The van der Waals surface area contributed by atoms with Gasteiger partial charge in [0.15, 0.2) is 11.5 Å². The fraction of sp³-hybridized carbons (Fsp3) is 0.290. The van der Waals surface area contributed by atoms with Crippen LogP contribution in [0.3, 0.4) is 0 Å². The molecule has 7 nitrogen and oxygen atoms in total. The number of carbonyl (C=O) groups excluding carboxylic acids is 1. The van der Waals surface area contributed by atoms with Crippen LogP contribution in [-0.4, -0.2) is 58.8 Å². The van der Waals surface area contributed by atoms with Crippen LogP contribution in [0, 0.1) is 13.8 Å². The van der Waals surface area contributed by atoms with Crippen LogP contribution in [0.5, 0.6) is 11.5 Å². The molecule has 1 aliphatic rings. The molecule has 0 bridgehead atoms. The number of aryl methyl sites for hydroxylation is 1. The molecule has 38 heavy (non-hydrogen) atoms. The summed E-state index contributed by atoms with van der Waals surface area (Å²) in [4.78, 5) is 17.7. The molecular weight excluding hydrogens is 476 g/mol. The van der Waals surface area contributed by atoms with Crippen molar-refractivity contribution in [1.82, 2.24) is 19.6 Å². The molecule has 1 saturated heterocycles. The smallest absolute Gasteiger partial charge is 0.253 e. The Balaban J connectivity index is 1.18. The fourth-order valence-electron chi connectivity index (χ4n) is 4.93. The van der Waals surface area contributed by atoms with Crippen molar-refractivity contribution in [2.75, 3.05) is 33.3 Å². The number of hydrogen-bond donors (Lipinski definition) is 0. The first-order valence-electron chi connectivity index (χ1n) is 13.0. The minimum Gasteiger partial charge on any atom is -0.493 e. The standard InChI is InChI=1S/C31H34N4O3/c1-23-28(24(2)35(32-23)27-12-5-4-6-13-27)21-33-16-18-34(19-17-33)31(36)26-11-9-10-25(20-26)22-38-30-15-8-7-14-29(30)37-3/h4-15,20H,16-19,21-22H2,1-3H3. The lowest BCUT2D eigenvalue weighted by Gasteiger charge is -2.35. The predicted octanol–water partition coefficient (Wildman–Crippen LogP) is 5.03. The number of methoxy groups -OCH3 is 1. The molecule has 196 valence electrons. The fourth-order valence-corrected chi connectivity index (χ4v) is 4.93. The number of amides is 1. The molecule has 0 unspecified atom stereocenters. The maximum atomic E-state index is 13.3. The van der Waals surface area contributed by atoms with Crippen LogP contribution in [0.2, 0.25) is 0 Å². The van der Waals surface area contributed by atoms with Crippen molar-refractivity contribution in [2.45, 2.75) is 27.0 Å². The maximum Gasteiger partial charge on any atom is 0.253 e. The average molecular weight is 511 g/mol. The topological polar surface area (TPSA) is 59.8 Å². The highest BCUT2D eigenvalue weighted by atomic mass is 16.5. The summed E-state index contributed by atoms with van der Waals surface area (Å²) >= 11 is 0. The first-order valence-corrected chi connectivity index (χ1v) is 13.0. The Morgan fingerprint density at radius 2 is 1.58 bits per heavy atom. The number of rotatable bonds is 8. The summed E-state index contributed by atoms with van der Waals surface area (Å²) in [6.07, 6.45) is 0. The van der Waals surface area contributed by atoms with Gasteiger partial charge in [0, 0.05) is 49.5 Å². The molecule has 1 aromatic heterocycles. The van der Waals surface area contributed by atoms with Gasteiger partial charge in [0.25, 0.3) is 5.91 Å². The van der Waals surface area contributed by atoms with Crippen molar-refractivity contribution >= 4 is 5.91 Å². The summed E-state index contributed by atoms with van der Waals surface area (Å²) in [5.74, 6) is 1.44. The van der Waals surface area contributed by atoms with Crippen molar-refractivity contribution in [1.29, 1.82) is 0 Å². The van der Waals surface area contributed by atoms with Gasteiger partial charge in [0.05, 0.1) is 18.5 Å². The van der Waals surface area contributed by atoms with Gasteiger partial charge in [0.1, 0.15) is 6.61 Å². The lowest BCUT2D eigenvalue weighted by atomic mass is 10.1. The third kappa shape index (κ3) is 5.58. The van der Waals surface area contributed by atoms with Crippen molar-refractivity contribution in [2.24, 2.45) is 0 Å². The van der Waals surface area contributed by atoms with E-state index < -0.39 is 0 Å². The summed E-state index contributed by atoms with van der Waals surface area (Å²) in [6.45, 7) is 8.47. The number of aromatic nitrogens is 2. The molecule has 0 atom stereocenters. The largest absolute Gasteiger partial charge is 0.493 e. The van der Waals surface area contributed by atoms with Gasteiger partial charge < -0.3 is 14.4 Å². The predicted molar refractivity (Wildman–Crippen MR) is 148 cm³/mol. The lowest BCUT2D eigenvalue weighted by Crippen LogP contribution is -2.48. The molecule has 0 saturated carbocycles. The highest BCUT2D eigenvalue weighted by Crippen LogP contribution is 2.27. The molecule has 5 rings (SSSR count). The first kappa shape index (κ1) is 25.5. The third-order valence-electron chi connectivity index (χ3n) is 7.12. The van der Waals surface area contributed by atoms with E-state index in [1.165, 1.54) is 11.3 Å². The molecule has 1 amide bonds. The maximum absolute atomic E-state index is 13.3. The van der Waals surface area contributed by atoms with E-state index in [1.807, 2.05) is 76.3 Å². The lowest BCUT2D eigenvalue weighted by molar-refractivity contribution is 0.0627. The van der Waals surface area contributed by atoms with E-state index in [-0.39, 0.29) is 5.91 Å². The highest BCUT2D eigenvalue weighted by Gasteiger charge is 2.24. The van der Waals surface area contributed by atoms with Gasteiger partial charge in [-0.15, -0.1) is 0 Å². The Kier molecular flexibility index (Phi) is 7.75. The van der Waals surface area contributed by atoms with Gasteiger partial charge in [-0.2, -0.15) is 5.10 Å². The van der Waals surface area contributed by atoms with Crippen LogP contribution in [0.4, 0.5) is 0 Å². The molecule has 0 spiro atoms. The van der Waals surface area contributed by atoms with Crippen LogP contribution in [0.25, 0.3) is 5.69 Å². The van der Waals surface area contributed by atoms with Crippen LogP contribution in [0.1, 0.15) is 32.9 Å². The zero-order valence-corrected chi connectivity index (χ0v) is 22.3. The summed E-state index contributed by atoms with van der Waals surface area (Å²) in [6, 6.07) is 25.5. The van der Waals surface area contributed by atoms with Crippen molar-refractivity contribution < 1.29 is 14.3 Å². The average Bonchev–Trinajstić information content (AvgIpc) is 3.25. The normalized spacial score (nSPS) is 13.9. The molecule has 1 fully saturated rings. The second kappa shape index (κ2) is 11.5. The van der Waals surface area contributed by atoms with E-state index in [0.717, 1.165) is 36.6 Å². The molecule has 0 N–H and O–H groups in total. The highest BCUT2D eigenvalue weighted by molar-refractivity contribution is 5.94. The van der Waals surface area contributed by atoms with E-state index in [9.17, 15) is 4.79 Å². The van der Waals surface area contributed by atoms with E-state index >= 15 is 0 Å². The number of carbonyl (C=O) groups is 1. The van der Waals surface area contributed by atoms with E-state index in [0.29, 0.717) is 36.8 Å². The van der Waals surface area contributed by atoms with Gasteiger partial charge in [-0.05, 0) is 55.8 Å². The van der Waals surface area contributed by atoms with E-state index in [1.54, 1.807) is 7.11 Å². The Hall–Kier alpha value is -4.10. The molecule has 4 aromatic rings. The molecule has 0 radical (unpaired) electrons. The SMILES string of the molecule is COc1ccccc1OCc1cccc(C(=O)N2CCN(Cc3c(C)nn(-c4ccccc4)c3C)CC2)c1. The summed E-state index contributed by atoms with van der Waals surface area (Å²) in [5.41, 5.74) is 6.19. The van der Waals surface area contributed by atoms with E-state index in [2.05, 4.69) is 30.9 Å². The monoisotopic (exact) mass is 510 g/mol. The Labute approximate surface area is 224 Å². The van der Waals surface area contributed by atoms with Crippen LogP contribution < -0.4 is 9.47 Å². The van der Waals surface area contributed by atoms with Crippen molar-refractivity contribution in [3.8, 4) is 17.2 Å². The molecule has 0 aliphatic carbocycles. The van der Waals surface area contributed by atoms with Crippen molar-refractivity contribution in [3.63, 3.8) is 0 Å². The van der Waals surface area contributed by atoms with Gasteiger partial charge in [-0.25, -0.2) is 4.68 Å². The molecule has 7 heteroatoms. The third-order valence-corrected chi connectivity index (χ3v) is 7.12. The minimum atomic E-state index is 0.0630. The quantitative estimate of drug-likeness (QED) is 0.333. The van der Waals surface area contributed by atoms with Crippen LogP contribution in [-0.2, 0) is 13.2 Å². The van der Waals surface area contributed by atoms with Crippen LogP contribution in [0.15, 0.2) is 78.9 Å². The first-order chi connectivity index (χ1) is 18.5. The van der Waals surface area contributed by atoms with Gasteiger partial charge in [-0.1, -0.05) is 42.5 Å². The molecule has 3 aromatic carbocycles. The Bertz CT molecular complexity index is 1390. The minimum absolute atomic E-state index is 0.0630. The van der Waals surface area contributed by atoms with Gasteiger partial charge >= 0.3 is 0 Å². The molecule has 1 aliphatic heterocycles. The second-order valence-corrected chi connectivity index (χ2v) is 9.60. The number of para-hydroxylation sites is 3. The number of benzene rings is 3. The zero-order valence-electron chi connectivity index (χ0n) is 22.3.